The summed E-state index contributed by atoms with van der Waals surface area (Å²) in [5.74, 6) is 0. The Hall–Kier alpha value is -1.28. The summed E-state index contributed by atoms with van der Waals surface area (Å²) in [5, 5.41) is 1.37. The third-order valence-electron chi connectivity index (χ3n) is 3.03. The number of nitrogens with one attached hydrogen (secondary N) is 1. The molecule has 3 rings (SSSR count). The maximum atomic E-state index is 3.25. The molecular formula is C12H14N2. The van der Waals surface area contributed by atoms with E-state index in [0.717, 1.165) is 6.54 Å². The minimum atomic E-state index is 1.11. The molecule has 2 heterocycles. The van der Waals surface area contributed by atoms with Crippen LogP contribution in [0.25, 0.3) is 10.9 Å². The van der Waals surface area contributed by atoms with E-state index in [1.807, 2.05) is 6.20 Å². The zero-order valence-electron chi connectivity index (χ0n) is 8.16. The summed E-state index contributed by atoms with van der Waals surface area (Å²) in [7, 11) is 0. The van der Waals surface area contributed by atoms with Crippen molar-refractivity contribution in [3.05, 3.63) is 36.0 Å². The minimum Gasteiger partial charge on any atom is -0.361 e. The zero-order chi connectivity index (χ0) is 9.38. The second kappa shape index (κ2) is 3.14. The van der Waals surface area contributed by atoms with Crippen LogP contribution in [-0.4, -0.2) is 23.0 Å². The molecule has 2 aromatic rings. The lowest BCUT2D eigenvalue weighted by atomic mass is 10.1. The van der Waals surface area contributed by atoms with Crippen LogP contribution >= 0.6 is 0 Å². The first-order chi connectivity index (χ1) is 6.93. The molecule has 1 saturated heterocycles. The van der Waals surface area contributed by atoms with Gasteiger partial charge in [0.2, 0.25) is 0 Å². The minimum absolute atomic E-state index is 1.11. The number of nitrogens with zero attached hydrogens (tertiary/aromatic N) is 1. The number of aromatic nitrogens is 1. The van der Waals surface area contributed by atoms with Gasteiger partial charge in [0.05, 0.1) is 0 Å². The number of hydrogen-bond acceptors (Lipinski definition) is 1. The van der Waals surface area contributed by atoms with Gasteiger partial charge in [-0.2, -0.15) is 0 Å². The number of aromatic amines is 1. The molecule has 2 nitrogen and oxygen atoms in total. The van der Waals surface area contributed by atoms with Gasteiger partial charge in [-0.1, -0.05) is 12.1 Å². The van der Waals surface area contributed by atoms with Crippen LogP contribution in [0.2, 0.25) is 0 Å². The standard InChI is InChI=1S/C12H14N2/c1-3-10(9-14-7-2-8-14)11-5-6-13-12(11)4-1/h1,3-6,13H,2,7-9H2. The molecule has 0 aliphatic carbocycles. The Morgan fingerprint density at radius 1 is 1.21 bits per heavy atom. The number of hydrogen-bond donors (Lipinski definition) is 1. The molecule has 0 bridgehead atoms. The highest BCUT2D eigenvalue weighted by Crippen LogP contribution is 2.20. The molecule has 1 aromatic carbocycles. The predicted molar refractivity (Wildman–Crippen MR) is 58.2 cm³/mol. The fraction of sp³-hybridized carbons (Fsp3) is 0.333. The number of benzene rings is 1. The molecule has 1 aromatic heterocycles. The Balaban J connectivity index is 1.97. The van der Waals surface area contributed by atoms with Crippen molar-refractivity contribution in [3.8, 4) is 0 Å². The molecule has 72 valence electrons. The summed E-state index contributed by atoms with van der Waals surface area (Å²) in [6, 6.07) is 8.67. The van der Waals surface area contributed by atoms with Crippen LogP contribution in [0.5, 0.6) is 0 Å². The number of likely N-dealkylation sites (tertiary alicyclic amines) is 1. The van der Waals surface area contributed by atoms with E-state index in [4.69, 9.17) is 0 Å². The molecule has 0 spiro atoms. The topological polar surface area (TPSA) is 19.0 Å². The normalized spacial score (nSPS) is 17.1. The molecule has 0 radical (unpaired) electrons. The number of rotatable bonds is 2. The van der Waals surface area contributed by atoms with Crippen LogP contribution in [-0.2, 0) is 6.54 Å². The maximum Gasteiger partial charge on any atom is 0.0457 e. The average Bonchev–Trinajstić information content (AvgIpc) is 2.59. The molecule has 2 heteroatoms. The first-order valence-corrected chi connectivity index (χ1v) is 5.21. The summed E-state index contributed by atoms with van der Waals surface area (Å²) in [5.41, 5.74) is 2.70. The van der Waals surface area contributed by atoms with Crippen molar-refractivity contribution in [1.82, 2.24) is 9.88 Å². The number of fused-ring (bicyclic) bond motifs is 1. The molecule has 14 heavy (non-hydrogen) atoms. The molecule has 0 atom stereocenters. The second-order valence-electron chi connectivity index (χ2n) is 3.99. The summed E-state index contributed by atoms with van der Waals surface area (Å²) >= 11 is 0. The monoisotopic (exact) mass is 186 g/mol. The van der Waals surface area contributed by atoms with Crippen molar-refractivity contribution in [2.24, 2.45) is 0 Å². The van der Waals surface area contributed by atoms with Crippen molar-refractivity contribution in [2.45, 2.75) is 13.0 Å². The van der Waals surface area contributed by atoms with Gasteiger partial charge in [-0.25, -0.2) is 0 Å². The lowest BCUT2D eigenvalue weighted by molar-refractivity contribution is 0.173. The number of H-pyrrole nitrogens is 1. The first-order valence-electron chi connectivity index (χ1n) is 5.21. The van der Waals surface area contributed by atoms with E-state index in [2.05, 4.69) is 34.1 Å². The van der Waals surface area contributed by atoms with E-state index in [9.17, 15) is 0 Å². The highest BCUT2D eigenvalue weighted by Gasteiger charge is 2.14. The molecule has 1 aliphatic heterocycles. The van der Waals surface area contributed by atoms with Gasteiger partial charge < -0.3 is 4.98 Å². The van der Waals surface area contributed by atoms with Gasteiger partial charge in [0, 0.05) is 23.6 Å². The summed E-state index contributed by atoms with van der Waals surface area (Å²) in [6.45, 7) is 3.64. The van der Waals surface area contributed by atoms with Gasteiger partial charge in [-0.15, -0.1) is 0 Å². The maximum absolute atomic E-state index is 3.25. The van der Waals surface area contributed by atoms with Crippen molar-refractivity contribution >= 4 is 10.9 Å². The fourth-order valence-electron chi connectivity index (χ4n) is 2.07. The highest BCUT2D eigenvalue weighted by molar-refractivity contribution is 5.82. The van der Waals surface area contributed by atoms with E-state index in [1.165, 1.54) is 36.0 Å². The molecule has 1 fully saturated rings. The second-order valence-corrected chi connectivity index (χ2v) is 3.99. The third kappa shape index (κ3) is 1.23. The van der Waals surface area contributed by atoms with Crippen molar-refractivity contribution < 1.29 is 0 Å². The van der Waals surface area contributed by atoms with Gasteiger partial charge in [0.15, 0.2) is 0 Å². The van der Waals surface area contributed by atoms with Crippen LogP contribution in [0.4, 0.5) is 0 Å². The van der Waals surface area contributed by atoms with Gasteiger partial charge >= 0.3 is 0 Å². The van der Waals surface area contributed by atoms with E-state index < -0.39 is 0 Å². The van der Waals surface area contributed by atoms with Crippen LogP contribution in [0.15, 0.2) is 30.5 Å². The predicted octanol–water partition coefficient (Wildman–Crippen LogP) is 2.37. The Morgan fingerprint density at radius 2 is 2.14 bits per heavy atom. The smallest absolute Gasteiger partial charge is 0.0457 e. The summed E-state index contributed by atoms with van der Waals surface area (Å²) < 4.78 is 0. The Bertz CT molecular complexity index is 440. The Labute approximate surface area is 83.5 Å². The molecular weight excluding hydrogens is 172 g/mol. The van der Waals surface area contributed by atoms with Gasteiger partial charge in [-0.3, -0.25) is 4.90 Å². The van der Waals surface area contributed by atoms with E-state index >= 15 is 0 Å². The van der Waals surface area contributed by atoms with Gasteiger partial charge in [0.25, 0.3) is 0 Å². The Morgan fingerprint density at radius 3 is 2.93 bits per heavy atom. The summed E-state index contributed by atoms with van der Waals surface area (Å²) in [6.07, 6.45) is 3.38. The molecule has 0 amide bonds. The van der Waals surface area contributed by atoms with E-state index in [0.29, 0.717) is 0 Å². The molecule has 1 aliphatic rings. The third-order valence-corrected chi connectivity index (χ3v) is 3.03. The van der Waals surface area contributed by atoms with Crippen molar-refractivity contribution in [3.63, 3.8) is 0 Å². The fourth-order valence-corrected chi connectivity index (χ4v) is 2.07. The molecule has 0 saturated carbocycles. The average molecular weight is 186 g/mol. The van der Waals surface area contributed by atoms with Crippen LogP contribution in [0.3, 0.4) is 0 Å². The first kappa shape index (κ1) is 8.06. The highest BCUT2D eigenvalue weighted by atomic mass is 15.2. The quantitative estimate of drug-likeness (QED) is 0.763. The van der Waals surface area contributed by atoms with Crippen LogP contribution < -0.4 is 0 Å². The van der Waals surface area contributed by atoms with Crippen molar-refractivity contribution in [1.29, 1.82) is 0 Å². The van der Waals surface area contributed by atoms with Crippen LogP contribution in [0, 0.1) is 0 Å². The van der Waals surface area contributed by atoms with E-state index in [1.54, 1.807) is 0 Å². The Kier molecular flexibility index (Phi) is 1.81. The lowest BCUT2D eigenvalue weighted by Gasteiger charge is -2.30. The summed E-state index contributed by atoms with van der Waals surface area (Å²) in [4.78, 5) is 5.74. The van der Waals surface area contributed by atoms with Gasteiger partial charge in [0.1, 0.15) is 0 Å². The van der Waals surface area contributed by atoms with Gasteiger partial charge in [-0.05, 0) is 37.2 Å². The molecule has 1 N–H and O–H groups in total. The zero-order valence-corrected chi connectivity index (χ0v) is 8.16. The molecule has 0 unspecified atom stereocenters. The largest absolute Gasteiger partial charge is 0.361 e. The van der Waals surface area contributed by atoms with Crippen LogP contribution in [0.1, 0.15) is 12.0 Å². The SMILES string of the molecule is c1cc(CN2CCC2)c2cc[nH]c2c1. The lowest BCUT2D eigenvalue weighted by Crippen LogP contribution is -2.36. The van der Waals surface area contributed by atoms with E-state index in [-0.39, 0.29) is 0 Å². The van der Waals surface area contributed by atoms with Crippen molar-refractivity contribution in [2.75, 3.05) is 13.1 Å².